The van der Waals surface area contributed by atoms with Crippen molar-refractivity contribution in [2.24, 2.45) is 0 Å². The number of hydrogen-bond donors (Lipinski definition) is 1. The molecule has 3 rings (SSSR count). The standard InChI is InChI=1S/C27H31N/c1-5-7-13-22-14-10-18-26(27(22)28-19-6-2)25-17-11-16-24(21(25)4)23-15-9-8-12-20(23)3/h5,7-12,14-18,28H,6,13,19H2,1-4H3/b7-5-. The van der Waals surface area contributed by atoms with E-state index in [1.165, 1.54) is 44.6 Å². The number of anilines is 1. The van der Waals surface area contributed by atoms with Gasteiger partial charge in [-0.15, -0.1) is 0 Å². The lowest BCUT2D eigenvalue weighted by atomic mass is 9.89. The van der Waals surface area contributed by atoms with Crippen LogP contribution in [-0.2, 0) is 6.42 Å². The highest BCUT2D eigenvalue weighted by atomic mass is 14.9. The van der Waals surface area contributed by atoms with E-state index in [4.69, 9.17) is 0 Å². The summed E-state index contributed by atoms with van der Waals surface area (Å²) in [7, 11) is 0. The van der Waals surface area contributed by atoms with E-state index in [9.17, 15) is 0 Å². The summed E-state index contributed by atoms with van der Waals surface area (Å²) in [6.07, 6.45) is 6.42. The second-order valence-corrected chi connectivity index (χ2v) is 7.33. The van der Waals surface area contributed by atoms with Crippen LogP contribution < -0.4 is 5.32 Å². The minimum absolute atomic E-state index is 0.951. The highest BCUT2D eigenvalue weighted by Gasteiger charge is 2.14. The van der Waals surface area contributed by atoms with E-state index in [0.717, 1.165) is 19.4 Å². The van der Waals surface area contributed by atoms with Gasteiger partial charge in [-0.1, -0.05) is 79.7 Å². The number of para-hydroxylation sites is 1. The van der Waals surface area contributed by atoms with Gasteiger partial charge in [0, 0.05) is 17.8 Å². The van der Waals surface area contributed by atoms with Crippen molar-refractivity contribution in [3.63, 3.8) is 0 Å². The van der Waals surface area contributed by atoms with Crippen molar-refractivity contribution in [1.82, 2.24) is 0 Å². The van der Waals surface area contributed by atoms with E-state index in [2.05, 4.69) is 106 Å². The maximum absolute atomic E-state index is 3.70. The Labute approximate surface area is 170 Å². The average Bonchev–Trinajstić information content (AvgIpc) is 2.72. The number of hydrogen-bond acceptors (Lipinski definition) is 1. The van der Waals surface area contributed by atoms with Crippen LogP contribution >= 0.6 is 0 Å². The molecule has 1 heteroatoms. The normalized spacial score (nSPS) is 11.1. The summed E-state index contributed by atoms with van der Waals surface area (Å²) in [4.78, 5) is 0. The Balaban J connectivity index is 2.16. The first-order chi connectivity index (χ1) is 13.7. The number of benzene rings is 3. The molecule has 3 aromatic rings. The maximum atomic E-state index is 3.70. The minimum atomic E-state index is 0.951. The molecule has 0 aliphatic rings. The molecule has 0 aromatic heterocycles. The second-order valence-electron chi connectivity index (χ2n) is 7.33. The van der Waals surface area contributed by atoms with Gasteiger partial charge in [-0.2, -0.15) is 0 Å². The first-order valence-electron chi connectivity index (χ1n) is 10.3. The Hall–Kier alpha value is -2.80. The van der Waals surface area contributed by atoms with Crippen LogP contribution in [-0.4, -0.2) is 6.54 Å². The second kappa shape index (κ2) is 9.41. The topological polar surface area (TPSA) is 12.0 Å². The molecule has 0 saturated carbocycles. The molecule has 0 atom stereocenters. The number of aryl methyl sites for hydroxylation is 1. The average molecular weight is 370 g/mol. The van der Waals surface area contributed by atoms with Crippen LogP contribution in [0.4, 0.5) is 5.69 Å². The fourth-order valence-electron chi connectivity index (χ4n) is 3.79. The van der Waals surface area contributed by atoms with Crippen LogP contribution in [0.3, 0.4) is 0 Å². The quantitative estimate of drug-likeness (QED) is 0.423. The molecule has 0 radical (unpaired) electrons. The smallest absolute Gasteiger partial charge is 0.0455 e. The molecule has 3 aromatic carbocycles. The first kappa shape index (κ1) is 19.9. The predicted octanol–water partition coefficient (Wildman–Crippen LogP) is 7.58. The van der Waals surface area contributed by atoms with Gasteiger partial charge >= 0.3 is 0 Å². The van der Waals surface area contributed by atoms with Gasteiger partial charge in [-0.25, -0.2) is 0 Å². The highest BCUT2D eigenvalue weighted by Crippen LogP contribution is 2.38. The molecule has 1 N–H and O–H groups in total. The van der Waals surface area contributed by atoms with E-state index in [0.29, 0.717) is 0 Å². The number of nitrogens with one attached hydrogen (secondary N) is 1. The third kappa shape index (κ3) is 4.20. The molecule has 0 bridgehead atoms. The van der Waals surface area contributed by atoms with Crippen molar-refractivity contribution in [2.75, 3.05) is 11.9 Å². The molecule has 0 unspecified atom stereocenters. The molecular formula is C27H31N. The summed E-state index contributed by atoms with van der Waals surface area (Å²) < 4.78 is 0. The Kier molecular flexibility index (Phi) is 6.71. The molecule has 0 saturated heterocycles. The van der Waals surface area contributed by atoms with Crippen molar-refractivity contribution in [3.05, 3.63) is 89.5 Å². The Morgan fingerprint density at radius 1 is 0.786 bits per heavy atom. The fourth-order valence-corrected chi connectivity index (χ4v) is 3.79. The zero-order valence-electron chi connectivity index (χ0n) is 17.5. The number of allylic oxidation sites excluding steroid dienone is 2. The summed E-state index contributed by atoms with van der Waals surface area (Å²) in [5.41, 5.74) is 10.5. The fraction of sp³-hybridized carbons (Fsp3) is 0.259. The molecule has 0 fully saturated rings. The van der Waals surface area contributed by atoms with Crippen molar-refractivity contribution >= 4 is 5.69 Å². The zero-order chi connectivity index (χ0) is 19.9. The Morgan fingerprint density at radius 3 is 2.14 bits per heavy atom. The largest absolute Gasteiger partial charge is 0.384 e. The summed E-state index contributed by atoms with van der Waals surface area (Å²) in [6, 6.07) is 22.0. The van der Waals surface area contributed by atoms with Gasteiger partial charge in [0.15, 0.2) is 0 Å². The van der Waals surface area contributed by atoms with Crippen LogP contribution in [0.25, 0.3) is 22.3 Å². The van der Waals surface area contributed by atoms with Crippen molar-refractivity contribution in [3.8, 4) is 22.3 Å². The molecule has 0 spiro atoms. The van der Waals surface area contributed by atoms with Crippen molar-refractivity contribution in [1.29, 1.82) is 0 Å². The van der Waals surface area contributed by atoms with Crippen molar-refractivity contribution in [2.45, 2.75) is 40.5 Å². The lowest BCUT2D eigenvalue weighted by molar-refractivity contribution is 0.976. The zero-order valence-corrected chi connectivity index (χ0v) is 17.5. The summed E-state index contributed by atoms with van der Waals surface area (Å²) >= 11 is 0. The van der Waals surface area contributed by atoms with Gasteiger partial charge in [0.1, 0.15) is 0 Å². The van der Waals surface area contributed by atoms with Gasteiger partial charge in [0.25, 0.3) is 0 Å². The van der Waals surface area contributed by atoms with Gasteiger partial charge < -0.3 is 5.32 Å². The molecule has 0 aliphatic carbocycles. The number of rotatable bonds is 7. The minimum Gasteiger partial charge on any atom is -0.384 e. The molecular weight excluding hydrogens is 338 g/mol. The summed E-state index contributed by atoms with van der Waals surface area (Å²) in [5.74, 6) is 0. The predicted molar refractivity (Wildman–Crippen MR) is 124 cm³/mol. The maximum Gasteiger partial charge on any atom is 0.0455 e. The lowest BCUT2D eigenvalue weighted by Crippen LogP contribution is -2.05. The van der Waals surface area contributed by atoms with Gasteiger partial charge in [-0.05, 0) is 67.0 Å². The van der Waals surface area contributed by atoms with Crippen LogP contribution in [0.1, 0.15) is 37.0 Å². The Morgan fingerprint density at radius 2 is 1.43 bits per heavy atom. The molecule has 1 nitrogen and oxygen atoms in total. The van der Waals surface area contributed by atoms with Crippen LogP contribution in [0, 0.1) is 13.8 Å². The van der Waals surface area contributed by atoms with Gasteiger partial charge in [0.2, 0.25) is 0 Å². The molecule has 144 valence electrons. The molecule has 28 heavy (non-hydrogen) atoms. The van der Waals surface area contributed by atoms with Crippen molar-refractivity contribution < 1.29 is 0 Å². The van der Waals surface area contributed by atoms with Crippen LogP contribution in [0.2, 0.25) is 0 Å². The van der Waals surface area contributed by atoms with Gasteiger partial charge in [-0.3, -0.25) is 0 Å². The third-order valence-electron chi connectivity index (χ3n) is 5.34. The SMILES string of the molecule is C/C=C\Cc1cccc(-c2cccc(-c3ccccc3C)c2C)c1NCCC. The summed E-state index contributed by atoms with van der Waals surface area (Å²) in [6.45, 7) is 9.72. The van der Waals surface area contributed by atoms with E-state index in [1.54, 1.807) is 0 Å². The monoisotopic (exact) mass is 369 g/mol. The van der Waals surface area contributed by atoms with Gasteiger partial charge in [0.05, 0.1) is 0 Å². The van der Waals surface area contributed by atoms with E-state index in [1.807, 2.05) is 0 Å². The van der Waals surface area contributed by atoms with Crippen LogP contribution in [0.5, 0.6) is 0 Å². The highest BCUT2D eigenvalue weighted by molar-refractivity contribution is 5.86. The van der Waals surface area contributed by atoms with E-state index < -0.39 is 0 Å². The van der Waals surface area contributed by atoms with E-state index in [-0.39, 0.29) is 0 Å². The lowest BCUT2D eigenvalue weighted by Gasteiger charge is -2.19. The molecule has 0 amide bonds. The van der Waals surface area contributed by atoms with Crippen LogP contribution in [0.15, 0.2) is 72.8 Å². The van der Waals surface area contributed by atoms with E-state index >= 15 is 0 Å². The Bertz CT molecular complexity index is 966. The first-order valence-corrected chi connectivity index (χ1v) is 10.3. The molecule has 0 heterocycles. The molecule has 0 aliphatic heterocycles. The third-order valence-corrected chi connectivity index (χ3v) is 5.34. The summed E-state index contributed by atoms with van der Waals surface area (Å²) in [5, 5.41) is 3.70.